The summed E-state index contributed by atoms with van der Waals surface area (Å²) in [5, 5.41) is 18.1. The molecule has 0 bridgehead atoms. The molecule has 20 heavy (non-hydrogen) atoms. The molecular weight excluding hydrogens is 248 g/mol. The van der Waals surface area contributed by atoms with Gasteiger partial charge in [-0.25, -0.2) is 0 Å². The van der Waals surface area contributed by atoms with Crippen LogP contribution in [0.5, 0.6) is 5.75 Å². The van der Waals surface area contributed by atoms with Crippen LogP contribution in [0.25, 0.3) is 0 Å². The highest BCUT2D eigenvalue weighted by atomic mass is 16.3. The molecule has 3 nitrogen and oxygen atoms in total. The van der Waals surface area contributed by atoms with E-state index in [0.717, 1.165) is 17.7 Å². The van der Waals surface area contributed by atoms with E-state index in [0.29, 0.717) is 11.6 Å². The van der Waals surface area contributed by atoms with Crippen LogP contribution in [-0.2, 0) is 6.42 Å². The number of phenols is 1. The fourth-order valence-corrected chi connectivity index (χ4v) is 1.97. The minimum Gasteiger partial charge on any atom is -0.506 e. The molecule has 0 saturated carbocycles. The van der Waals surface area contributed by atoms with Gasteiger partial charge in [-0.05, 0) is 49.1 Å². The van der Waals surface area contributed by atoms with E-state index in [-0.39, 0.29) is 5.75 Å². The average molecular weight is 268 g/mol. The number of phenolic OH excluding ortho intramolecular Hbond substituents is 1. The van der Waals surface area contributed by atoms with Gasteiger partial charge in [-0.15, -0.1) is 5.11 Å². The van der Waals surface area contributed by atoms with Gasteiger partial charge in [0.15, 0.2) is 0 Å². The van der Waals surface area contributed by atoms with E-state index in [9.17, 15) is 5.11 Å². The van der Waals surface area contributed by atoms with Gasteiger partial charge in [0.05, 0.1) is 5.69 Å². The smallest absolute Gasteiger partial charge is 0.143 e. The van der Waals surface area contributed by atoms with Crippen LogP contribution in [0.4, 0.5) is 11.4 Å². The number of aromatic hydroxyl groups is 1. The van der Waals surface area contributed by atoms with Gasteiger partial charge in [0.25, 0.3) is 0 Å². The number of nitrogens with zero attached hydrogens (tertiary/aromatic N) is 2. The van der Waals surface area contributed by atoms with Crippen molar-refractivity contribution in [2.45, 2.75) is 27.2 Å². The first-order valence-electron chi connectivity index (χ1n) is 6.85. The van der Waals surface area contributed by atoms with E-state index in [4.69, 9.17) is 0 Å². The van der Waals surface area contributed by atoms with Gasteiger partial charge in [0, 0.05) is 0 Å². The first kappa shape index (κ1) is 14.3. The van der Waals surface area contributed by atoms with Crippen molar-refractivity contribution in [1.29, 1.82) is 0 Å². The number of aryl methyl sites for hydroxylation is 1. The Morgan fingerprint density at radius 3 is 2.35 bits per heavy atom. The second-order valence-electron chi connectivity index (χ2n) is 5.46. The number of azo groups is 1. The van der Waals surface area contributed by atoms with Crippen molar-refractivity contribution in [3.63, 3.8) is 0 Å². The van der Waals surface area contributed by atoms with E-state index >= 15 is 0 Å². The van der Waals surface area contributed by atoms with Gasteiger partial charge in [-0.2, -0.15) is 5.11 Å². The topological polar surface area (TPSA) is 45.0 Å². The molecule has 0 unspecified atom stereocenters. The molecule has 2 rings (SSSR count). The minimum atomic E-state index is 0.161. The lowest BCUT2D eigenvalue weighted by atomic mass is 10.0. The van der Waals surface area contributed by atoms with Crippen LogP contribution in [-0.4, -0.2) is 5.11 Å². The quantitative estimate of drug-likeness (QED) is 0.750. The van der Waals surface area contributed by atoms with Gasteiger partial charge in [-0.3, -0.25) is 0 Å². The van der Waals surface area contributed by atoms with Crippen LogP contribution in [0, 0.1) is 12.8 Å². The molecule has 0 aliphatic carbocycles. The van der Waals surface area contributed by atoms with Crippen molar-refractivity contribution in [2.75, 3.05) is 0 Å². The molecule has 0 spiro atoms. The highest BCUT2D eigenvalue weighted by Crippen LogP contribution is 2.29. The molecule has 0 aliphatic heterocycles. The monoisotopic (exact) mass is 268 g/mol. The first-order valence-corrected chi connectivity index (χ1v) is 6.85. The summed E-state index contributed by atoms with van der Waals surface area (Å²) in [6, 6.07) is 13.3. The van der Waals surface area contributed by atoms with Crippen molar-refractivity contribution in [3.8, 4) is 5.75 Å². The summed E-state index contributed by atoms with van der Waals surface area (Å²) in [5.41, 5.74) is 3.65. The molecule has 2 aromatic rings. The second kappa shape index (κ2) is 6.33. The maximum atomic E-state index is 9.84. The third-order valence-electron chi connectivity index (χ3n) is 2.99. The minimum absolute atomic E-state index is 0.161. The van der Waals surface area contributed by atoms with Crippen molar-refractivity contribution < 1.29 is 5.11 Å². The summed E-state index contributed by atoms with van der Waals surface area (Å²) in [4.78, 5) is 0. The predicted octanol–water partition coefficient (Wildman–Crippen LogP) is 5.31. The van der Waals surface area contributed by atoms with Crippen molar-refractivity contribution in [2.24, 2.45) is 16.1 Å². The number of benzene rings is 2. The highest BCUT2D eigenvalue weighted by molar-refractivity contribution is 5.53. The second-order valence-corrected chi connectivity index (χ2v) is 5.46. The summed E-state index contributed by atoms with van der Waals surface area (Å²) in [5.74, 6) is 0.731. The third-order valence-corrected chi connectivity index (χ3v) is 2.99. The standard InChI is InChI=1S/C17H20N2O/c1-12(2)10-14-6-9-17(20)16(11-14)19-18-15-7-4-13(3)5-8-15/h4-9,11-12,20H,10H2,1-3H3. The Morgan fingerprint density at radius 2 is 1.70 bits per heavy atom. The van der Waals surface area contributed by atoms with Crippen LogP contribution in [0.1, 0.15) is 25.0 Å². The lowest BCUT2D eigenvalue weighted by Gasteiger charge is -2.06. The molecule has 104 valence electrons. The summed E-state index contributed by atoms with van der Waals surface area (Å²) < 4.78 is 0. The third kappa shape index (κ3) is 3.92. The van der Waals surface area contributed by atoms with E-state index in [1.165, 1.54) is 5.56 Å². The zero-order valence-corrected chi connectivity index (χ0v) is 12.2. The van der Waals surface area contributed by atoms with Crippen LogP contribution in [0.3, 0.4) is 0 Å². The first-order chi connectivity index (χ1) is 9.54. The van der Waals surface area contributed by atoms with Crippen molar-refractivity contribution in [1.82, 2.24) is 0 Å². The van der Waals surface area contributed by atoms with Gasteiger partial charge in [0.1, 0.15) is 11.4 Å². The average Bonchev–Trinajstić information content (AvgIpc) is 2.40. The van der Waals surface area contributed by atoms with Crippen molar-refractivity contribution in [3.05, 3.63) is 53.6 Å². The Labute approximate surface area is 120 Å². The molecule has 1 N–H and O–H groups in total. The number of hydrogen-bond donors (Lipinski definition) is 1. The Hall–Kier alpha value is -2.16. The fraction of sp³-hybridized carbons (Fsp3) is 0.294. The van der Waals surface area contributed by atoms with Gasteiger partial charge in [0.2, 0.25) is 0 Å². The largest absolute Gasteiger partial charge is 0.506 e. The Kier molecular flexibility index (Phi) is 4.51. The molecule has 0 saturated heterocycles. The van der Waals surface area contributed by atoms with Gasteiger partial charge >= 0.3 is 0 Å². The molecular formula is C17H20N2O. The van der Waals surface area contributed by atoms with Gasteiger partial charge < -0.3 is 5.11 Å². The SMILES string of the molecule is Cc1ccc(N=Nc2cc(CC(C)C)ccc2O)cc1. The summed E-state index contributed by atoms with van der Waals surface area (Å²) >= 11 is 0. The normalized spacial score (nSPS) is 11.4. The molecule has 0 aliphatic rings. The molecule has 0 fully saturated rings. The van der Waals surface area contributed by atoms with Gasteiger partial charge in [-0.1, -0.05) is 37.6 Å². The number of hydrogen-bond acceptors (Lipinski definition) is 3. The molecule has 3 heteroatoms. The lowest BCUT2D eigenvalue weighted by molar-refractivity contribution is 0.476. The predicted molar refractivity (Wildman–Crippen MR) is 82.0 cm³/mol. The van der Waals surface area contributed by atoms with E-state index < -0.39 is 0 Å². The molecule has 2 aromatic carbocycles. The van der Waals surface area contributed by atoms with Crippen LogP contribution in [0.2, 0.25) is 0 Å². The Bertz CT molecular complexity index is 601. The zero-order valence-electron chi connectivity index (χ0n) is 12.2. The van der Waals surface area contributed by atoms with E-state index in [1.54, 1.807) is 6.07 Å². The maximum absolute atomic E-state index is 9.84. The molecule has 0 radical (unpaired) electrons. The molecule has 0 atom stereocenters. The fourth-order valence-electron chi connectivity index (χ4n) is 1.97. The zero-order chi connectivity index (χ0) is 14.5. The Morgan fingerprint density at radius 1 is 1.00 bits per heavy atom. The van der Waals surface area contributed by atoms with Crippen LogP contribution >= 0.6 is 0 Å². The van der Waals surface area contributed by atoms with Crippen molar-refractivity contribution >= 4 is 11.4 Å². The molecule has 0 heterocycles. The number of rotatable bonds is 4. The summed E-state index contributed by atoms with van der Waals surface area (Å²) in [6.45, 7) is 6.36. The molecule has 0 amide bonds. The summed E-state index contributed by atoms with van der Waals surface area (Å²) in [7, 11) is 0. The van der Waals surface area contributed by atoms with E-state index in [2.05, 4.69) is 24.1 Å². The van der Waals surface area contributed by atoms with E-state index in [1.807, 2.05) is 43.3 Å². The molecule has 0 aromatic heterocycles. The van der Waals surface area contributed by atoms with Crippen LogP contribution < -0.4 is 0 Å². The summed E-state index contributed by atoms with van der Waals surface area (Å²) in [6.07, 6.45) is 0.966. The maximum Gasteiger partial charge on any atom is 0.143 e. The highest BCUT2D eigenvalue weighted by Gasteiger charge is 2.04. The lowest BCUT2D eigenvalue weighted by Crippen LogP contribution is -1.93. The van der Waals surface area contributed by atoms with Crippen LogP contribution in [0.15, 0.2) is 52.7 Å². The Balaban J connectivity index is 2.21.